The van der Waals surface area contributed by atoms with Gasteiger partial charge in [-0.15, -0.1) is 12.4 Å². The third kappa shape index (κ3) is 4.20. The fourth-order valence-corrected chi connectivity index (χ4v) is 3.48. The third-order valence-corrected chi connectivity index (χ3v) is 4.87. The topological polar surface area (TPSA) is 47.7 Å². The van der Waals surface area contributed by atoms with Crippen molar-refractivity contribution in [1.29, 1.82) is 0 Å². The van der Waals surface area contributed by atoms with E-state index in [-0.39, 0.29) is 18.4 Å². The number of halogens is 1. The highest BCUT2D eigenvalue weighted by Crippen LogP contribution is 2.35. The van der Waals surface area contributed by atoms with Crippen molar-refractivity contribution >= 4 is 18.1 Å². The molecular weight excluding hydrogens is 336 g/mol. The molecule has 2 aromatic carbocycles. The lowest BCUT2D eigenvalue weighted by Crippen LogP contribution is -2.45. The quantitative estimate of drug-likeness (QED) is 0.899. The highest BCUT2D eigenvalue weighted by Gasteiger charge is 2.28. The predicted octanol–water partition coefficient (Wildman–Crippen LogP) is 3.76. The predicted molar refractivity (Wildman–Crippen MR) is 106 cm³/mol. The number of piperidine rings is 1. The molecule has 1 aliphatic rings. The number of anilines is 1. The van der Waals surface area contributed by atoms with E-state index in [9.17, 15) is 0 Å². The molecule has 0 saturated carbocycles. The molecule has 0 amide bonds. The lowest BCUT2D eigenvalue weighted by atomic mass is 9.85. The van der Waals surface area contributed by atoms with E-state index in [1.165, 1.54) is 11.1 Å². The molecule has 25 heavy (non-hydrogen) atoms. The maximum atomic E-state index is 6.43. The van der Waals surface area contributed by atoms with E-state index < -0.39 is 0 Å². The monoisotopic (exact) mass is 362 g/mol. The van der Waals surface area contributed by atoms with E-state index in [1.807, 2.05) is 12.1 Å². The van der Waals surface area contributed by atoms with E-state index >= 15 is 0 Å². The molecular formula is C20H27ClN2O2. The van der Waals surface area contributed by atoms with E-state index in [1.54, 1.807) is 14.2 Å². The van der Waals surface area contributed by atoms with E-state index in [0.29, 0.717) is 5.92 Å². The van der Waals surface area contributed by atoms with Gasteiger partial charge in [0, 0.05) is 36.8 Å². The van der Waals surface area contributed by atoms with Crippen molar-refractivity contribution in [1.82, 2.24) is 0 Å². The Balaban J connectivity index is 0.00000225. The molecule has 5 heteroatoms. The van der Waals surface area contributed by atoms with Gasteiger partial charge in [0.05, 0.1) is 14.2 Å². The molecule has 0 radical (unpaired) electrons. The van der Waals surface area contributed by atoms with Crippen molar-refractivity contribution in [2.45, 2.75) is 25.3 Å². The second-order valence-electron chi connectivity index (χ2n) is 6.46. The van der Waals surface area contributed by atoms with Gasteiger partial charge in [-0.1, -0.05) is 29.8 Å². The summed E-state index contributed by atoms with van der Waals surface area (Å²) in [6, 6.07) is 15.0. The Morgan fingerprint density at radius 2 is 1.80 bits per heavy atom. The van der Waals surface area contributed by atoms with Crippen molar-refractivity contribution < 1.29 is 9.47 Å². The summed E-state index contributed by atoms with van der Waals surface area (Å²) in [4.78, 5) is 2.39. The summed E-state index contributed by atoms with van der Waals surface area (Å²) in [5, 5.41) is 0. The summed E-state index contributed by atoms with van der Waals surface area (Å²) in [5.41, 5.74) is 10.2. The van der Waals surface area contributed by atoms with Gasteiger partial charge in [0.1, 0.15) is 0 Å². The van der Waals surface area contributed by atoms with Crippen LogP contribution in [0.1, 0.15) is 23.5 Å². The van der Waals surface area contributed by atoms with Crippen LogP contribution in [0.4, 0.5) is 5.69 Å². The highest BCUT2D eigenvalue weighted by atomic mass is 35.5. The first-order chi connectivity index (χ1) is 11.6. The van der Waals surface area contributed by atoms with Crippen LogP contribution in [-0.4, -0.2) is 33.4 Å². The lowest BCUT2D eigenvalue weighted by Gasteiger charge is -2.38. The summed E-state index contributed by atoms with van der Waals surface area (Å²) in [6.07, 6.45) is 0.979. The standard InChI is InChI=1S/C20H26N2O2.ClH/c1-14-5-4-6-15(11-14)17-13-22(10-9-18(17)21)16-7-8-19(23-2)20(12-16)24-3;/h4-8,11-12,17-18H,9-10,13,21H2,1-3H3;1H/t17-,18-;/m1./s1. The fraction of sp³-hybridized carbons (Fsp3) is 0.400. The van der Waals surface area contributed by atoms with Crippen LogP contribution in [0.25, 0.3) is 0 Å². The molecule has 3 rings (SSSR count). The van der Waals surface area contributed by atoms with E-state index in [4.69, 9.17) is 15.2 Å². The second-order valence-corrected chi connectivity index (χ2v) is 6.46. The largest absolute Gasteiger partial charge is 0.493 e. The number of rotatable bonds is 4. The summed E-state index contributed by atoms with van der Waals surface area (Å²) in [6.45, 7) is 4.00. The van der Waals surface area contributed by atoms with Gasteiger partial charge < -0.3 is 20.1 Å². The lowest BCUT2D eigenvalue weighted by molar-refractivity contribution is 0.354. The van der Waals surface area contributed by atoms with Crippen LogP contribution in [0, 0.1) is 6.92 Å². The molecule has 1 saturated heterocycles. The van der Waals surface area contributed by atoms with Crippen LogP contribution in [0.2, 0.25) is 0 Å². The smallest absolute Gasteiger partial charge is 0.162 e. The number of hydrogen-bond donors (Lipinski definition) is 1. The van der Waals surface area contributed by atoms with E-state index in [0.717, 1.165) is 36.7 Å². The van der Waals surface area contributed by atoms with Crippen molar-refractivity contribution in [3.8, 4) is 11.5 Å². The average Bonchev–Trinajstić information content (AvgIpc) is 2.61. The van der Waals surface area contributed by atoms with Crippen LogP contribution in [-0.2, 0) is 0 Å². The zero-order valence-electron chi connectivity index (χ0n) is 15.1. The minimum absolute atomic E-state index is 0. The third-order valence-electron chi connectivity index (χ3n) is 4.87. The summed E-state index contributed by atoms with van der Waals surface area (Å²) < 4.78 is 10.8. The number of ether oxygens (including phenoxy) is 2. The first-order valence-corrected chi connectivity index (χ1v) is 8.41. The van der Waals surface area contributed by atoms with Crippen LogP contribution in [0.5, 0.6) is 11.5 Å². The molecule has 0 spiro atoms. The van der Waals surface area contributed by atoms with Gasteiger partial charge in [-0.25, -0.2) is 0 Å². The normalized spacial score (nSPS) is 19.9. The van der Waals surface area contributed by atoms with Gasteiger partial charge in [0.25, 0.3) is 0 Å². The molecule has 136 valence electrons. The first-order valence-electron chi connectivity index (χ1n) is 8.41. The zero-order chi connectivity index (χ0) is 17.1. The summed E-state index contributed by atoms with van der Waals surface area (Å²) in [7, 11) is 3.33. The number of aryl methyl sites for hydroxylation is 1. The average molecular weight is 363 g/mol. The molecule has 0 aromatic heterocycles. The van der Waals surface area contributed by atoms with Crippen molar-refractivity contribution in [3.05, 3.63) is 53.6 Å². The van der Waals surface area contributed by atoms with Gasteiger partial charge in [0.2, 0.25) is 0 Å². The second kappa shape index (κ2) is 8.45. The Labute approximate surface area is 156 Å². The number of methoxy groups -OCH3 is 2. The van der Waals surface area contributed by atoms with Gasteiger partial charge in [0.15, 0.2) is 11.5 Å². The van der Waals surface area contributed by atoms with Crippen LogP contribution in [0.3, 0.4) is 0 Å². The van der Waals surface area contributed by atoms with Gasteiger partial charge in [-0.05, 0) is 31.0 Å². The van der Waals surface area contributed by atoms with Crippen molar-refractivity contribution in [2.24, 2.45) is 5.73 Å². The summed E-state index contributed by atoms with van der Waals surface area (Å²) in [5.74, 6) is 1.86. The fourth-order valence-electron chi connectivity index (χ4n) is 3.48. The Bertz CT molecular complexity index is 708. The van der Waals surface area contributed by atoms with Crippen molar-refractivity contribution in [3.63, 3.8) is 0 Å². The molecule has 2 N–H and O–H groups in total. The molecule has 1 aliphatic heterocycles. The minimum atomic E-state index is 0. The number of nitrogens with two attached hydrogens (primary N) is 1. The minimum Gasteiger partial charge on any atom is -0.493 e. The molecule has 1 heterocycles. The molecule has 1 fully saturated rings. The van der Waals surface area contributed by atoms with Gasteiger partial charge in [-0.2, -0.15) is 0 Å². The summed E-state index contributed by atoms with van der Waals surface area (Å²) >= 11 is 0. The molecule has 0 aliphatic carbocycles. The van der Waals surface area contributed by atoms with Gasteiger partial charge >= 0.3 is 0 Å². The van der Waals surface area contributed by atoms with Gasteiger partial charge in [-0.3, -0.25) is 0 Å². The molecule has 0 unspecified atom stereocenters. The number of benzene rings is 2. The zero-order valence-corrected chi connectivity index (χ0v) is 15.9. The highest BCUT2D eigenvalue weighted by molar-refractivity contribution is 5.85. The van der Waals surface area contributed by atoms with Crippen LogP contribution in [0.15, 0.2) is 42.5 Å². The molecule has 2 atom stereocenters. The first kappa shape index (κ1) is 19.4. The van der Waals surface area contributed by atoms with Crippen molar-refractivity contribution in [2.75, 3.05) is 32.2 Å². The Morgan fingerprint density at radius 3 is 2.48 bits per heavy atom. The number of nitrogens with zero attached hydrogens (tertiary/aromatic N) is 1. The molecule has 4 nitrogen and oxygen atoms in total. The van der Waals surface area contributed by atoms with Crippen LogP contribution >= 0.6 is 12.4 Å². The number of hydrogen-bond acceptors (Lipinski definition) is 4. The van der Waals surface area contributed by atoms with E-state index in [2.05, 4.69) is 42.2 Å². The maximum Gasteiger partial charge on any atom is 0.162 e. The SMILES string of the molecule is COc1ccc(N2CC[C@@H](N)[C@@H](c3cccc(C)c3)C2)cc1OC.Cl. The Kier molecular flexibility index (Phi) is 6.57. The Morgan fingerprint density at radius 1 is 1.04 bits per heavy atom. The van der Waals surface area contributed by atoms with Crippen LogP contribution < -0.4 is 20.1 Å². The maximum absolute atomic E-state index is 6.43. The Hall–Kier alpha value is -1.91. The molecule has 0 bridgehead atoms. The molecule has 2 aromatic rings.